The lowest BCUT2D eigenvalue weighted by Crippen LogP contribution is -2.35. The molecule has 0 aliphatic carbocycles. The first-order chi connectivity index (χ1) is 8.66. The summed E-state index contributed by atoms with van der Waals surface area (Å²) in [6, 6.07) is 4.95. The van der Waals surface area contributed by atoms with E-state index in [9.17, 15) is 4.79 Å². The van der Waals surface area contributed by atoms with Crippen molar-refractivity contribution in [1.82, 2.24) is 10.6 Å². The lowest BCUT2D eigenvalue weighted by Gasteiger charge is -2.22. The molecule has 1 fully saturated rings. The summed E-state index contributed by atoms with van der Waals surface area (Å²) in [5.41, 5.74) is 6.66. The Hall–Kier alpha value is -1.26. The predicted octanol–water partition coefficient (Wildman–Crippen LogP) is 1.65. The Bertz CT molecular complexity index is 430. The fraction of sp³-hybridized carbons (Fsp3) is 0.462. The van der Waals surface area contributed by atoms with Crippen molar-refractivity contribution in [2.45, 2.75) is 12.8 Å². The molecule has 98 valence electrons. The molecule has 1 aliphatic rings. The zero-order valence-electron chi connectivity index (χ0n) is 10.2. The minimum absolute atomic E-state index is 0.0876. The van der Waals surface area contributed by atoms with Gasteiger partial charge in [0.15, 0.2) is 0 Å². The molecule has 1 saturated heterocycles. The average Bonchev–Trinajstić information content (AvgIpc) is 2.40. The van der Waals surface area contributed by atoms with Crippen molar-refractivity contribution in [2.75, 3.05) is 25.4 Å². The van der Waals surface area contributed by atoms with Crippen LogP contribution in [0.1, 0.15) is 23.2 Å². The van der Waals surface area contributed by atoms with Crippen LogP contribution in [0.2, 0.25) is 5.02 Å². The third-order valence-corrected chi connectivity index (χ3v) is 3.60. The van der Waals surface area contributed by atoms with Gasteiger partial charge in [-0.1, -0.05) is 11.6 Å². The van der Waals surface area contributed by atoms with Crippen LogP contribution in [-0.4, -0.2) is 25.5 Å². The number of rotatable bonds is 3. The van der Waals surface area contributed by atoms with E-state index in [1.54, 1.807) is 18.2 Å². The zero-order valence-corrected chi connectivity index (χ0v) is 11.0. The number of anilines is 1. The second-order valence-corrected chi connectivity index (χ2v) is 5.05. The third kappa shape index (κ3) is 3.37. The molecule has 0 spiro atoms. The van der Waals surface area contributed by atoms with E-state index in [1.165, 1.54) is 0 Å². The van der Waals surface area contributed by atoms with Crippen LogP contribution >= 0.6 is 11.6 Å². The Labute approximate surface area is 112 Å². The molecule has 1 heterocycles. The molecule has 1 aromatic carbocycles. The topological polar surface area (TPSA) is 67.2 Å². The highest BCUT2D eigenvalue weighted by atomic mass is 35.5. The van der Waals surface area contributed by atoms with Gasteiger partial charge in [0.1, 0.15) is 0 Å². The number of hydrogen-bond donors (Lipinski definition) is 3. The van der Waals surface area contributed by atoms with Gasteiger partial charge in [-0.2, -0.15) is 0 Å². The highest BCUT2D eigenvalue weighted by molar-refractivity contribution is 6.33. The summed E-state index contributed by atoms with van der Waals surface area (Å²) in [7, 11) is 0. The smallest absolute Gasteiger partial charge is 0.251 e. The summed E-state index contributed by atoms with van der Waals surface area (Å²) in [5.74, 6) is 0.481. The Morgan fingerprint density at radius 1 is 1.44 bits per heavy atom. The van der Waals surface area contributed by atoms with Crippen molar-refractivity contribution in [3.05, 3.63) is 28.8 Å². The van der Waals surface area contributed by atoms with E-state index in [0.29, 0.717) is 22.2 Å². The first-order valence-corrected chi connectivity index (χ1v) is 6.58. The fourth-order valence-corrected chi connectivity index (χ4v) is 2.27. The Morgan fingerprint density at radius 3 is 2.83 bits per heavy atom. The Kier molecular flexibility index (Phi) is 4.44. The zero-order chi connectivity index (χ0) is 13.0. The molecule has 0 unspecified atom stereocenters. The van der Waals surface area contributed by atoms with E-state index < -0.39 is 0 Å². The van der Waals surface area contributed by atoms with Crippen LogP contribution in [0.4, 0.5) is 5.69 Å². The molecule has 0 atom stereocenters. The minimum Gasteiger partial charge on any atom is -0.398 e. The number of nitrogens with two attached hydrogens (primary N) is 1. The molecular formula is C13H18ClN3O. The van der Waals surface area contributed by atoms with Gasteiger partial charge in [0.2, 0.25) is 0 Å². The van der Waals surface area contributed by atoms with Crippen LogP contribution in [0.3, 0.4) is 0 Å². The van der Waals surface area contributed by atoms with Gasteiger partial charge >= 0.3 is 0 Å². The van der Waals surface area contributed by atoms with Crippen LogP contribution in [-0.2, 0) is 0 Å². The lowest BCUT2D eigenvalue weighted by molar-refractivity contribution is 0.0944. The molecule has 0 radical (unpaired) electrons. The number of nitrogen functional groups attached to an aromatic ring is 1. The van der Waals surface area contributed by atoms with Crippen LogP contribution < -0.4 is 16.4 Å². The Morgan fingerprint density at radius 2 is 2.17 bits per heavy atom. The van der Waals surface area contributed by atoms with E-state index in [1.807, 2.05) is 0 Å². The first-order valence-electron chi connectivity index (χ1n) is 6.21. The molecular weight excluding hydrogens is 250 g/mol. The highest BCUT2D eigenvalue weighted by Gasteiger charge is 2.14. The largest absolute Gasteiger partial charge is 0.398 e. The molecule has 4 N–H and O–H groups in total. The van der Waals surface area contributed by atoms with Crippen molar-refractivity contribution >= 4 is 23.2 Å². The molecule has 0 saturated carbocycles. The standard InChI is InChI=1S/C13H18ClN3O/c14-11-7-10(1-2-12(11)15)13(18)17-8-9-3-5-16-6-4-9/h1-2,7,9,16H,3-6,8,15H2,(H,17,18). The van der Waals surface area contributed by atoms with Gasteiger partial charge in [-0.3, -0.25) is 4.79 Å². The summed E-state index contributed by atoms with van der Waals surface area (Å²) >= 11 is 5.89. The maximum atomic E-state index is 11.9. The third-order valence-electron chi connectivity index (χ3n) is 3.27. The molecule has 5 heteroatoms. The number of halogens is 1. The molecule has 1 amide bonds. The van der Waals surface area contributed by atoms with Crippen LogP contribution in [0.5, 0.6) is 0 Å². The van der Waals surface area contributed by atoms with Gasteiger partial charge in [0, 0.05) is 12.1 Å². The average molecular weight is 268 g/mol. The molecule has 0 bridgehead atoms. The van der Waals surface area contributed by atoms with E-state index in [4.69, 9.17) is 17.3 Å². The van der Waals surface area contributed by atoms with Gasteiger partial charge < -0.3 is 16.4 Å². The number of nitrogens with one attached hydrogen (secondary N) is 2. The number of carbonyl (C=O) groups is 1. The number of amides is 1. The summed E-state index contributed by atoms with van der Waals surface area (Å²) in [4.78, 5) is 11.9. The van der Waals surface area contributed by atoms with Crippen molar-refractivity contribution in [2.24, 2.45) is 5.92 Å². The van der Waals surface area contributed by atoms with Gasteiger partial charge in [-0.25, -0.2) is 0 Å². The van der Waals surface area contributed by atoms with E-state index in [2.05, 4.69) is 10.6 Å². The van der Waals surface area contributed by atoms with Crippen molar-refractivity contribution in [3.63, 3.8) is 0 Å². The molecule has 4 nitrogen and oxygen atoms in total. The maximum Gasteiger partial charge on any atom is 0.251 e. The van der Waals surface area contributed by atoms with Crippen molar-refractivity contribution < 1.29 is 4.79 Å². The number of benzene rings is 1. The molecule has 0 aromatic heterocycles. The number of hydrogen-bond acceptors (Lipinski definition) is 3. The molecule has 18 heavy (non-hydrogen) atoms. The summed E-state index contributed by atoms with van der Waals surface area (Å²) < 4.78 is 0. The van der Waals surface area contributed by atoms with Gasteiger partial charge in [0.25, 0.3) is 5.91 Å². The summed E-state index contributed by atoms with van der Waals surface area (Å²) in [5, 5.41) is 6.67. The number of piperidine rings is 1. The summed E-state index contributed by atoms with van der Waals surface area (Å²) in [6.07, 6.45) is 2.23. The van der Waals surface area contributed by atoms with Gasteiger partial charge in [-0.15, -0.1) is 0 Å². The van der Waals surface area contributed by atoms with Crippen LogP contribution in [0, 0.1) is 5.92 Å². The van der Waals surface area contributed by atoms with Gasteiger partial charge in [-0.05, 0) is 50.0 Å². The molecule has 1 aromatic rings. The van der Waals surface area contributed by atoms with E-state index in [0.717, 1.165) is 32.5 Å². The summed E-state index contributed by atoms with van der Waals surface area (Å²) in [6.45, 7) is 2.80. The Balaban J connectivity index is 1.88. The van der Waals surface area contributed by atoms with Crippen LogP contribution in [0.25, 0.3) is 0 Å². The van der Waals surface area contributed by atoms with Crippen molar-refractivity contribution in [1.29, 1.82) is 0 Å². The fourth-order valence-electron chi connectivity index (χ4n) is 2.09. The second-order valence-electron chi connectivity index (χ2n) is 4.64. The minimum atomic E-state index is -0.0876. The molecule has 2 rings (SSSR count). The second kappa shape index (κ2) is 6.07. The van der Waals surface area contributed by atoms with Crippen molar-refractivity contribution in [3.8, 4) is 0 Å². The van der Waals surface area contributed by atoms with E-state index >= 15 is 0 Å². The van der Waals surface area contributed by atoms with Gasteiger partial charge in [0.05, 0.1) is 10.7 Å². The van der Waals surface area contributed by atoms with E-state index in [-0.39, 0.29) is 5.91 Å². The predicted molar refractivity (Wildman–Crippen MR) is 73.8 cm³/mol. The lowest BCUT2D eigenvalue weighted by atomic mass is 9.98. The molecule has 1 aliphatic heterocycles. The first kappa shape index (κ1) is 13.2. The van der Waals surface area contributed by atoms with Crippen LogP contribution in [0.15, 0.2) is 18.2 Å². The quantitative estimate of drug-likeness (QED) is 0.730. The maximum absolute atomic E-state index is 11.9. The normalized spacial score (nSPS) is 16.5. The SMILES string of the molecule is Nc1ccc(C(=O)NCC2CCNCC2)cc1Cl. The monoisotopic (exact) mass is 267 g/mol. The number of carbonyl (C=O) groups excluding carboxylic acids is 1. The highest BCUT2D eigenvalue weighted by Crippen LogP contribution is 2.19.